The highest BCUT2D eigenvalue weighted by molar-refractivity contribution is 7.19. The molecule has 1 amide bonds. The van der Waals surface area contributed by atoms with Gasteiger partial charge < -0.3 is 20.7 Å². The number of hydrogen-bond acceptors (Lipinski definition) is 9. The molecule has 0 aliphatic carbocycles. The molecule has 11 heteroatoms. The van der Waals surface area contributed by atoms with E-state index < -0.39 is 0 Å². The minimum Gasteiger partial charge on any atom is -0.378 e. The van der Waals surface area contributed by atoms with Crippen LogP contribution in [-0.4, -0.2) is 83.0 Å². The summed E-state index contributed by atoms with van der Waals surface area (Å²) in [6.07, 6.45) is 2.88. The lowest BCUT2D eigenvalue weighted by Gasteiger charge is -2.28. The minimum absolute atomic E-state index is 0.290. The fourth-order valence-corrected chi connectivity index (χ4v) is 6.28. The molecule has 6 rings (SSSR count). The normalized spacial score (nSPS) is 17.1. The fraction of sp³-hybridized carbons (Fsp3) is 0.462. The second kappa shape index (κ2) is 10.7. The third-order valence-electron chi connectivity index (χ3n) is 7.03. The molecule has 0 bridgehead atoms. The third kappa shape index (κ3) is 5.17. The van der Waals surface area contributed by atoms with Gasteiger partial charge in [-0.1, -0.05) is 12.1 Å². The first-order chi connectivity index (χ1) is 18.2. The number of nitrogens with one attached hydrogen (secondary N) is 1. The number of thiophene rings is 1. The van der Waals surface area contributed by atoms with E-state index in [4.69, 9.17) is 20.4 Å². The molecule has 3 aromatic heterocycles. The molecule has 2 aliphatic heterocycles. The lowest BCUT2D eigenvalue weighted by Crippen LogP contribution is -2.42. The van der Waals surface area contributed by atoms with Crippen molar-refractivity contribution in [2.75, 3.05) is 57.4 Å². The van der Waals surface area contributed by atoms with E-state index in [1.54, 1.807) is 0 Å². The average molecular weight is 521 g/mol. The Balaban J connectivity index is 1.39. The summed E-state index contributed by atoms with van der Waals surface area (Å²) in [7, 11) is 0. The summed E-state index contributed by atoms with van der Waals surface area (Å²) < 4.78 is 8.70. The molecule has 2 aliphatic rings. The van der Waals surface area contributed by atoms with Gasteiger partial charge in [0.25, 0.3) is 0 Å². The quantitative estimate of drug-likeness (QED) is 0.364. The van der Waals surface area contributed by atoms with Crippen molar-refractivity contribution in [1.82, 2.24) is 30.0 Å². The molecule has 0 radical (unpaired) electrons. The van der Waals surface area contributed by atoms with Crippen molar-refractivity contribution < 1.29 is 9.53 Å². The molecule has 0 atom stereocenters. The highest BCUT2D eigenvalue weighted by atomic mass is 32.1. The van der Waals surface area contributed by atoms with E-state index in [0.29, 0.717) is 38.4 Å². The van der Waals surface area contributed by atoms with E-state index >= 15 is 0 Å². The van der Waals surface area contributed by atoms with Crippen LogP contribution in [0, 0.1) is 0 Å². The molecule has 3 N–H and O–H groups in total. The van der Waals surface area contributed by atoms with Crippen LogP contribution in [0.1, 0.15) is 17.7 Å². The van der Waals surface area contributed by atoms with Crippen molar-refractivity contribution in [2.24, 2.45) is 5.73 Å². The molecule has 1 aromatic carbocycles. The number of nitrogens with two attached hydrogens (primary N) is 1. The van der Waals surface area contributed by atoms with Gasteiger partial charge in [-0.3, -0.25) is 14.4 Å². The molecule has 37 heavy (non-hydrogen) atoms. The van der Waals surface area contributed by atoms with Gasteiger partial charge in [-0.05, 0) is 18.6 Å². The molecule has 4 aromatic rings. The van der Waals surface area contributed by atoms with Crippen molar-refractivity contribution in [1.29, 1.82) is 0 Å². The smallest absolute Gasteiger partial charge is 0.217 e. The Morgan fingerprint density at radius 1 is 1.14 bits per heavy atom. The maximum atomic E-state index is 11.2. The third-order valence-corrected chi connectivity index (χ3v) is 8.13. The van der Waals surface area contributed by atoms with Gasteiger partial charge >= 0.3 is 0 Å². The zero-order chi connectivity index (χ0) is 25.2. The number of anilines is 1. The number of amides is 1. The molecule has 5 heterocycles. The Morgan fingerprint density at radius 3 is 2.78 bits per heavy atom. The van der Waals surface area contributed by atoms with Crippen LogP contribution < -0.4 is 16.0 Å². The largest absolute Gasteiger partial charge is 0.378 e. The first-order valence-corrected chi connectivity index (χ1v) is 13.8. The second-order valence-electron chi connectivity index (χ2n) is 9.60. The molecule has 0 spiro atoms. The van der Waals surface area contributed by atoms with Crippen molar-refractivity contribution in [2.45, 2.75) is 25.9 Å². The van der Waals surface area contributed by atoms with E-state index in [1.807, 2.05) is 34.3 Å². The highest BCUT2D eigenvalue weighted by Crippen LogP contribution is 2.36. The van der Waals surface area contributed by atoms with Crippen LogP contribution in [0.3, 0.4) is 0 Å². The van der Waals surface area contributed by atoms with Gasteiger partial charge in [0.15, 0.2) is 11.6 Å². The lowest BCUT2D eigenvalue weighted by molar-refractivity contribution is -0.118. The van der Waals surface area contributed by atoms with E-state index in [-0.39, 0.29) is 5.91 Å². The van der Waals surface area contributed by atoms with Gasteiger partial charge in [-0.15, -0.1) is 11.3 Å². The predicted octanol–water partition coefficient (Wildman–Crippen LogP) is 2.22. The number of morpholine rings is 1. The van der Waals surface area contributed by atoms with E-state index in [9.17, 15) is 4.79 Å². The SMILES string of the molecule is NC(=O)CCCn1ncc2c(-c3nc(N4CCOCC4)c4sc(CN5CCNCC5)cc4n3)cccc21. The number of aromatic nitrogens is 4. The van der Waals surface area contributed by atoms with Crippen molar-refractivity contribution in [3.05, 3.63) is 35.3 Å². The van der Waals surface area contributed by atoms with Crippen LogP contribution in [0.15, 0.2) is 30.5 Å². The summed E-state index contributed by atoms with van der Waals surface area (Å²) in [6.45, 7) is 8.81. The standard InChI is InChI=1S/C26H32N8O2S/c27-23(35)5-2-8-34-22-4-1-3-19(20(22)16-29-34)25-30-21-15-18(17-32-9-6-28-7-10-32)37-24(21)26(31-25)33-11-13-36-14-12-33/h1,3-4,15-16,28H,2,5-14,17H2,(H2,27,35). The second-order valence-corrected chi connectivity index (χ2v) is 10.7. The Labute approximate surface area is 219 Å². The summed E-state index contributed by atoms with van der Waals surface area (Å²) in [5.74, 6) is 1.41. The number of piperazine rings is 1. The van der Waals surface area contributed by atoms with Crippen LogP contribution >= 0.6 is 11.3 Å². The summed E-state index contributed by atoms with van der Waals surface area (Å²) in [4.78, 5) is 27.5. The molecule has 2 fully saturated rings. The van der Waals surface area contributed by atoms with Gasteiger partial charge in [0.2, 0.25) is 5.91 Å². The fourth-order valence-electron chi connectivity index (χ4n) is 5.12. The number of fused-ring (bicyclic) bond motifs is 2. The summed E-state index contributed by atoms with van der Waals surface area (Å²) >= 11 is 1.81. The average Bonchev–Trinajstić information content (AvgIpc) is 3.52. The number of primary amides is 1. The van der Waals surface area contributed by atoms with Gasteiger partial charge in [0.05, 0.1) is 35.1 Å². The van der Waals surface area contributed by atoms with Crippen LogP contribution in [0.5, 0.6) is 0 Å². The Bertz CT molecular complexity index is 1400. The number of hydrogen-bond donors (Lipinski definition) is 2. The van der Waals surface area contributed by atoms with Gasteiger partial charge in [-0.25, -0.2) is 9.97 Å². The van der Waals surface area contributed by atoms with Crippen molar-refractivity contribution in [3.63, 3.8) is 0 Å². The summed E-state index contributed by atoms with van der Waals surface area (Å²) in [5, 5.41) is 9.03. The zero-order valence-electron chi connectivity index (χ0n) is 20.9. The van der Waals surface area contributed by atoms with Gasteiger partial charge in [0, 0.05) is 74.6 Å². The van der Waals surface area contributed by atoms with E-state index in [0.717, 1.165) is 78.3 Å². The molecule has 2 saturated heterocycles. The van der Waals surface area contributed by atoms with E-state index in [2.05, 4.69) is 32.3 Å². The molecular formula is C26H32N8O2S. The van der Waals surface area contributed by atoms with Crippen LogP contribution in [-0.2, 0) is 22.6 Å². The van der Waals surface area contributed by atoms with Crippen molar-refractivity contribution >= 4 is 44.2 Å². The highest BCUT2D eigenvalue weighted by Gasteiger charge is 2.22. The van der Waals surface area contributed by atoms with Gasteiger partial charge in [-0.2, -0.15) is 5.10 Å². The maximum Gasteiger partial charge on any atom is 0.217 e. The van der Waals surface area contributed by atoms with Crippen molar-refractivity contribution in [3.8, 4) is 11.4 Å². The molecule has 0 saturated carbocycles. The number of nitrogens with zero attached hydrogens (tertiary/aromatic N) is 6. The Kier molecular flexibility index (Phi) is 7.01. The topological polar surface area (TPSA) is 114 Å². The number of aryl methyl sites for hydroxylation is 1. The first-order valence-electron chi connectivity index (χ1n) is 12.9. The number of carbonyl (C=O) groups excluding carboxylic acids is 1. The molecule has 0 unspecified atom stereocenters. The van der Waals surface area contributed by atoms with Crippen LogP contribution in [0.4, 0.5) is 5.82 Å². The first kappa shape index (κ1) is 24.2. The number of rotatable bonds is 8. The molecule has 10 nitrogen and oxygen atoms in total. The number of benzene rings is 1. The summed E-state index contributed by atoms with van der Waals surface area (Å²) in [6, 6.07) is 8.38. The number of carbonyl (C=O) groups is 1. The summed E-state index contributed by atoms with van der Waals surface area (Å²) in [5.41, 5.74) is 8.28. The lowest BCUT2D eigenvalue weighted by atomic mass is 10.1. The van der Waals surface area contributed by atoms with Crippen LogP contribution in [0.25, 0.3) is 32.5 Å². The monoisotopic (exact) mass is 520 g/mol. The Morgan fingerprint density at radius 2 is 1.97 bits per heavy atom. The Hall–Kier alpha value is -3.12. The zero-order valence-corrected chi connectivity index (χ0v) is 21.7. The van der Waals surface area contributed by atoms with Gasteiger partial charge in [0.1, 0.15) is 0 Å². The minimum atomic E-state index is -0.290. The number of ether oxygens (including phenoxy) is 1. The molecule has 194 valence electrons. The van der Waals surface area contributed by atoms with E-state index in [1.165, 1.54) is 4.88 Å². The molecular weight excluding hydrogens is 488 g/mol. The van der Waals surface area contributed by atoms with Crippen LogP contribution in [0.2, 0.25) is 0 Å². The predicted molar refractivity (Wildman–Crippen MR) is 146 cm³/mol. The maximum absolute atomic E-state index is 11.2.